The summed E-state index contributed by atoms with van der Waals surface area (Å²) in [5, 5.41) is 3.11. The molecule has 0 N–H and O–H groups in total. The highest BCUT2D eigenvalue weighted by molar-refractivity contribution is 7.92. The second-order valence-corrected chi connectivity index (χ2v) is 18.1. The van der Waals surface area contributed by atoms with Gasteiger partial charge in [-0.05, 0) is 40.0 Å². The first-order chi connectivity index (χ1) is 19.6. The second kappa shape index (κ2) is 12.0. The highest BCUT2D eigenvalue weighted by atomic mass is 32.2. The third-order valence-corrected chi connectivity index (χ3v) is 15.4. The summed E-state index contributed by atoms with van der Waals surface area (Å²) < 4.78 is 35.6. The molecule has 1 aliphatic rings. The van der Waals surface area contributed by atoms with Crippen LogP contribution in [-0.4, -0.2) is 45.8 Å². The van der Waals surface area contributed by atoms with Gasteiger partial charge in [0, 0.05) is 6.54 Å². The molecule has 0 radical (unpaired) electrons. The molecule has 1 fully saturated rings. The molecule has 214 valence electrons. The summed E-state index contributed by atoms with van der Waals surface area (Å²) in [5.74, 6) is 0. The van der Waals surface area contributed by atoms with Gasteiger partial charge < -0.3 is 4.43 Å². The van der Waals surface area contributed by atoms with Crippen molar-refractivity contribution >= 4 is 28.5 Å². The Morgan fingerprint density at radius 2 is 1.22 bits per heavy atom. The first kappa shape index (κ1) is 29.4. The van der Waals surface area contributed by atoms with Gasteiger partial charge in [-0.25, -0.2) is 8.42 Å². The van der Waals surface area contributed by atoms with Gasteiger partial charge in [-0.1, -0.05) is 130 Å². The van der Waals surface area contributed by atoms with E-state index in [4.69, 9.17) is 9.26 Å². The van der Waals surface area contributed by atoms with Crippen molar-refractivity contribution in [3.63, 3.8) is 0 Å². The van der Waals surface area contributed by atoms with Gasteiger partial charge in [0.15, 0.2) is 9.84 Å². The molecule has 0 bridgehead atoms. The van der Waals surface area contributed by atoms with Gasteiger partial charge in [-0.3, -0.25) is 4.84 Å². The zero-order valence-corrected chi connectivity index (χ0v) is 26.0. The fraction of sp³-hybridized carbons (Fsp3) is 0.294. The van der Waals surface area contributed by atoms with Gasteiger partial charge in [0.1, 0.15) is 5.25 Å². The molecule has 1 aliphatic heterocycles. The van der Waals surface area contributed by atoms with Crippen LogP contribution in [0.5, 0.6) is 0 Å². The molecule has 0 spiro atoms. The molecule has 0 unspecified atom stereocenters. The van der Waals surface area contributed by atoms with Crippen LogP contribution in [0.4, 0.5) is 0 Å². The highest BCUT2D eigenvalue weighted by Gasteiger charge is 2.54. The van der Waals surface area contributed by atoms with Gasteiger partial charge in [0.05, 0.1) is 23.6 Å². The Bertz CT molecular complexity index is 1470. The molecule has 3 atom stereocenters. The molecule has 7 heteroatoms. The normalized spacial score (nSPS) is 20.2. The largest absolute Gasteiger partial charge is 0.406 e. The zero-order valence-electron chi connectivity index (χ0n) is 24.2. The van der Waals surface area contributed by atoms with Crippen LogP contribution in [0.2, 0.25) is 5.04 Å². The van der Waals surface area contributed by atoms with Crippen LogP contribution in [0.3, 0.4) is 0 Å². The van der Waals surface area contributed by atoms with Crippen molar-refractivity contribution in [3.8, 4) is 0 Å². The van der Waals surface area contributed by atoms with Crippen LogP contribution in [0, 0.1) is 0 Å². The summed E-state index contributed by atoms with van der Waals surface area (Å²) in [4.78, 5) is 6.65. The fourth-order valence-electron chi connectivity index (χ4n) is 6.12. The number of nitrogens with zero attached hydrogens (tertiary/aromatic N) is 1. The van der Waals surface area contributed by atoms with E-state index in [1.54, 1.807) is 24.3 Å². The summed E-state index contributed by atoms with van der Waals surface area (Å²) in [6.45, 7) is 9.21. The van der Waals surface area contributed by atoms with Crippen molar-refractivity contribution < 1.29 is 17.7 Å². The van der Waals surface area contributed by atoms with E-state index in [2.05, 4.69) is 69.3 Å². The predicted molar refractivity (Wildman–Crippen MR) is 167 cm³/mol. The number of sulfone groups is 1. The van der Waals surface area contributed by atoms with Crippen molar-refractivity contribution in [1.82, 2.24) is 5.06 Å². The number of rotatable bonds is 9. The van der Waals surface area contributed by atoms with Gasteiger partial charge in [-0.15, -0.1) is 0 Å². The Morgan fingerprint density at radius 3 is 1.71 bits per heavy atom. The van der Waals surface area contributed by atoms with Crippen LogP contribution in [0.25, 0.3) is 0 Å². The van der Waals surface area contributed by atoms with Crippen LogP contribution in [-0.2, 0) is 25.6 Å². The van der Waals surface area contributed by atoms with E-state index >= 15 is 0 Å². The van der Waals surface area contributed by atoms with E-state index in [9.17, 15) is 8.42 Å². The van der Waals surface area contributed by atoms with Gasteiger partial charge in [-0.2, -0.15) is 5.06 Å². The van der Waals surface area contributed by atoms with Crippen LogP contribution < -0.4 is 10.4 Å². The number of benzene rings is 4. The van der Waals surface area contributed by atoms with Crippen LogP contribution in [0.1, 0.15) is 33.3 Å². The lowest BCUT2D eigenvalue weighted by Crippen LogP contribution is -2.67. The van der Waals surface area contributed by atoms with Gasteiger partial charge in [0.2, 0.25) is 0 Å². The monoisotopic (exact) mass is 585 g/mol. The summed E-state index contributed by atoms with van der Waals surface area (Å²) in [5.41, 5.74) is 1.05. The van der Waals surface area contributed by atoms with Crippen molar-refractivity contribution in [2.75, 3.05) is 6.61 Å². The molecule has 4 aromatic rings. The number of hydroxylamine groups is 2. The van der Waals surface area contributed by atoms with E-state index in [0.717, 1.165) is 15.9 Å². The molecular formula is C34H39NO4SSi. The maximum absolute atomic E-state index is 14.2. The quantitative estimate of drug-likeness (QED) is 0.239. The van der Waals surface area contributed by atoms with E-state index < -0.39 is 35.6 Å². The molecule has 5 nitrogen and oxygen atoms in total. The Balaban J connectivity index is 1.60. The molecule has 0 amide bonds. The Hall–Kier alpha value is -3.07. The Kier molecular flexibility index (Phi) is 8.64. The number of hydrogen-bond donors (Lipinski definition) is 0. The lowest BCUT2D eigenvalue weighted by molar-refractivity contribution is -0.169. The summed E-state index contributed by atoms with van der Waals surface area (Å²) >= 11 is 0. The number of hydrogen-bond acceptors (Lipinski definition) is 5. The smallest absolute Gasteiger partial charge is 0.261 e. The van der Waals surface area contributed by atoms with E-state index in [-0.39, 0.29) is 11.6 Å². The van der Waals surface area contributed by atoms with E-state index in [0.29, 0.717) is 11.4 Å². The summed E-state index contributed by atoms with van der Waals surface area (Å²) in [6, 6.07) is 39.1. The van der Waals surface area contributed by atoms with Crippen molar-refractivity contribution in [2.24, 2.45) is 0 Å². The first-order valence-electron chi connectivity index (χ1n) is 14.2. The average Bonchev–Trinajstić information content (AvgIpc) is 3.29. The van der Waals surface area contributed by atoms with E-state index in [1.165, 1.54) is 0 Å². The maximum Gasteiger partial charge on any atom is 0.261 e. The van der Waals surface area contributed by atoms with Crippen molar-refractivity contribution in [2.45, 2.75) is 61.6 Å². The minimum atomic E-state index is -3.73. The van der Waals surface area contributed by atoms with Crippen LogP contribution in [0.15, 0.2) is 126 Å². The molecule has 0 aliphatic carbocycles. The third-order valence-electron chi connectivity index (χ3n) is 8.01. The van der Waals surface area contributed by atoms with Crippen molar-refractivity contribution in [1.29, 1.82) is 0 Å². The fourth-order valence-corrected chi connectivity index (χ4v) is 12.7. The minimum absolute atomic E-state index is 0.210. The minimum Gasteiger partial charge on any atom is -0.406 e. The molecule has 41 heavy (non-hydrogen) atoms. The van der Waals surface area contributed by atoms with Gasteiger partial charge >= 0.3 is 0 Å². The highest BCUT2D eigenvalue weighted by Crippen LogP contribution is 2.39. The Labute approximate surface area is 245 Å². The lowest BCUT2D eigenvalue weighted by Gasteiger charge is -2.44. The average molecular weight is 586 g/mol. The first-order valence-corrected chi connectivity index (χ1v) is 17.6. The van der Waals surface area contributed by atoms with Crippen molar-refractivity contribution in [3.05, 3.63) is 127 Å². The second-order valence-electron chi connectivity index (χ2n) is 11.7. The topological polar surface area (TPSA) is 55.8 Å². The lowest BCUT2D eigenvalue weighted by atomic mass is 10.1. The molecule has 5 rings (SSSR count). The molecule has 0 aromatic heterocycles. The summed E-state index contributed by atoms with van der Waals surface area (Å²) in [6.07, 6.45) is -0.545. The third kappa shape index (κ3) is 5.83. The molecular weight excluding hydrogens is 547 g/mol. The SMILES string of the molecule is C[C@H]1ON(Cc2ccccc2)[C@@H](CO[Si](c2ccccc2)(c2ccccc2)C(C)(C)C)[C@@H]1S(=O)(=O)c1ccccc1. The zero-order chi connectivity index (χ0) is 29.1. The molecule has 4 aromatic carbocycles. The standard InChI is InChI=1S/C34H39NO4SSi/c1-27-33(40(36,37)29-19-11-6-12-20-29)32(35(39-27)25-28-17-9-5-10-18-28)26-38-41(34(2,3)4,30-21-13-7-14-22-30)31-23-15-8-16-24-31/h5-24,27,32-33H,25-26H2,1-4H3/t27-,32+,33-/m1/s1. The van der Waals surface area contributed by atoms with Crippen LogP contribution >= 0.6 is 0 Å². The molecule has 1 saturated heterocycles. The molecule has 1 heterocycles. The predicted octanol–water partition coefficient (Wildman–Crippen LogP) is 5.61. The summed E-state index contributed by atoms with van der Waals surface area (Å²) in [7, 11) is -6.63. The van der Waals surface area contributed by atoms with E-state index in [1.807, 2.05) is 60.5 Å². The van der Waals surface area contributed by atoms with Gasteiger partial charge in [0.25, 0.3) is 8.32 Å². The maximum atomic E-state index is 14.2. The molecule has 0 saturated carbocycles. The Morgan fingerprint density at radius 1 is 0.756 bits per heavy atom.